The lowest BCUT2D eigenvalue weighted by Crippen LogP contribution is -2.46. The Labute approximate surface area is 226 Å². The van der Waals surface area contributed by atoms with Crippen molar-refractivity contribution in [3.8, 4) is 0 Å². The Bertz CT molecular complexity index is 1180. The Hall–Kier alpha value is -3.15. The summed E-state index contributed by atoms with van der Waals surface area (Å²) < 4.78 is 0. The van der Waals surface area contributed by atoms with Crippen molar-refractivity contribution >= 4 is 11.6 Å². The molecule has 1 aliphatic carbocycles. The van der Waals surface area contributed by atoms with Crippen LogP contribution < -0.4 is 4.90 Å². The summed E-state index contributed by atoms with van der Waals surface area (Å²) in [5, 5.41) is 9.86. The molecule has 5 heteroatoms. The Kier molecular flexibility index (Phi) is 7.48. The van der Waals surface area contributed by atoms with Crippen LogP contribution in [0.1, 0.15) is 65.1 Å². The van der Waals surface area contributed by atoms with Gasteiger partial charge in [0.1, 0.15) is 0 Å². The van der Waals surface area contributed by atoms with E-state index < -0.39 is 0 Å². The van der Waals surface area contributed by atoms with Gasteiger partial charge in [0.2, 0.25) is 0 Å². The highest BCUT2D eigenvalue weighted by molar-refractivity contribution is 5.99. The van der Waals surface area contributed by atoms with Gasteiger partial charge in [-0.2, -0.15) is 0 Å². The first-order valence-electron chi connectivity index (χ1n) is 14.3. The summed E-state index contributed by atoms with van der Waals surface area (Å²) >= 11 is 0. The Morgan fingerprint density at radius 1 is 0.789 bits per heavy atom. The van der Waals surface area contributed by atoms with Gasteiger partial charge in [-0.1, -0.05) is 66.7 Å². The van der Waals surface area contributed by atoms with Gasteiger partial charge in [-0.25, -0.2) is 0 Å². The Morgan fingerprint density at radius 3 is 2.05 bits per heavy atom. The van der Waals surface area contributed by atoms with E-state index in [2.05, 4.69) is 88.7 Å². The van der Waals surface area contributed by atoms with Crippen LogP contribution in [-0.2, 0) is 6.54 Å². The number of carbonyl (C=O) groups excluding carboxylic acids is 1. The fraction of sp³-hybridized carbons (Fsp3) is 0.424. The molecule has 0 radical (unpaired) electrons. The second-order valence-electron chi connectivity index (χ2n) is 11.2. The zero-order chi connectivity index (χ0) is 25.9. The van der Waals surface area contributed by atoms with E-state index >= 15 is 0 Å². The average Bonchev–Trinajstić information content (AvgIpc) is 3.30. The highest BCUT2D eigenvalue weighted by atomic mass is 16.3. The standard InChI is InChI=1S/C33H39N3O2/c37-30-15-13-28(14-16-30)36-24-27-11-12-29(23-32(27)33(36)38)35-21-19-34(20-22-35)18-17-31(25-7-3-1-4-8-25)26-9-5-2-6-10-26/h1-12,23,28,30-31,37H,13-22,24H2. The number of aliphatic hydroxyl groups is 1. The molecule has 1 N–H and O–H groups in total. The quantitative estimate of drug-likeness (QED) is 0.470. The van der Waals surface area contributed by atoms with Gasteiger partial charge in [-0.3, -0.25) is 9.69 Å². The van der Waals surface area contributed by atoms with Gasteiger partial charge in [0.05, 0.1) is 6.10 Å². The Balaban J connectivity index is 1.06. The van der Waals surface area contributed by atoms with Gasteiger partial charge in [0.15, 0.2) is 0 Å². The molecule has 2 heterocycles. The molecule has 3 aromatic carbocycles. The fourth-order valence-electron chi connectivity index (χ4n) is 6.61. The normalized spacial score (nSPS) is 22.2. The number of hydrogen-bond donors (Lipinski definition) is 1. The summed E-state index contributed by atoms with van der Waals surface area (Å²) in [7, 11) is 0. The van der Waals surface area contributed by atoms with Gasteiger partial charge >= 0.3 is 0 Å². The number of amides is 1. The average molecular weight is 510 g/mol. The summed E-state index contributed by atoms with van der Waals surface area (Å²) in [5.41, 5.74) is 5.97. The monoisotopic (exact) mass is 509 g/mol. The minimum Gasteiger partial charge on any atom is -0.393 e. The lowest BCUT2D eigenvalue weighted by molar-refractivity contribution is 0.0519. The van der Waals surface area contributed by atoms with Gasteiger partial charge in [-0.15, -0.1) is 0 Å². The molecule has 38 heavy (non-hydrogen) atoms. The minimum atomic E-state index is -0.195. The lowest BCUT2D eigenvalue weighted by Gasteiger charge is -2.37. The molecular weight excluding hydrogens is 470 g/mol. The predicted octanol–water partition coefficient (Wildman–Crippen LogP) is 5.29. The largest absolute Gasteiger partial charge is 0.393 e. The van der Waals surface area contributed by atoms with E-state index in [1.54, 1.807) is 0 Å². The van der Waals surface area contributed by atoms with Crippen LogP contribution >= 0.6 is 0 Å². The molecule has 2 fully saturated rings. The number of anilines is 1. The minimum absolute atomic E-state index is 0.176. The molecular formula is C33H39N3O2. The van der Waals surface area contributed by atoms with Gasteiger partial charge in [-0.05, 0) is 67.5 Å². The number of carbonyl (C=O) groups is 1. The molecule has 6 rings (SSSR count). The van der Waals surface area contributed by atoms with Gasteiger partial charge in [0, 0.05) is 55.9 Å². The topological polar surface area (TPSA) is 47.0 Å². The zero-order valence-electron chi connectivity index (χ0n) is 22.2. The van der Waals surface area contributed by atoms with Crippen LogP contribution in [0.2, 0.25) is 0 Å². The van der Waals surface area contributed by atoms with Crippen LogP contribution in [0.25, 0.3) is 0 Å². The lowest BCUT2D eigenvalue weighted by atomic mass is 9.88. The third-order valence-electron chi connectivity index (χ3n) is 8.91. The third kappa shape index (κ3) is 5.36. The van der Waals surface area contributed by atoms with Crippen molar-refractivity contribution in [1.29, 1.82) is 0 Å². The van der Waals surface area contributed by atoms with Crippen LogP contribution in [0.3, 0.4) is 0 Å². The van der Waals surface area contributed by atoms with Crippen molar-refractivity contribution < 1.29 is 9.90 Å². The maximum absolute atomic E-state index is 13.3. The number of fused-ring (bicyclic) bond motifs is 1. The fourth-order valence-corrected chi connectivity index (χ4v) is 6.61. The van der Waals surface area contributed by atoms with E-state index in [-0.39, 0.29) is 18.1 Å². The number of piperazine rings is 1. The number of benzene rings is 3. The smallest absolute Gasteiger partial charge is 0.254 e. The van der Waals surface area contributed by atoms with Crippen LogP contribution in [0.5, 0.6) is 0 Å². The molecule has 1 saturated carbocycles. The molecule has 5 nitrogen and oxygen atoms in total. The summed E-state index contributed by atoms with van der Waals surface area (Å²) in [5.74, 6) is 0.586. The first-order chi connectivity index (χ1) is 18.7. The zero-order valence-corrected chi connectivity index (χ0v) is 22.2. The first kappa shape index (κ1) is 25.1. The summed E-state index contributed by atoms with van der Waals surface area (Å²) in [4.78, 5) is 20.4. The van der Waals surface area contributed by atoms with Crippen LogP contribution in [0, 0.1) is 0 Å². The van der Waals surface area contributed by atoms with Gasteiger partial charge < -0.3 is 14.9 Å². The van der Waals surface area contributed by atoms with Crippen molar-refractivity contribution in [1.82, 2.24) is 9.80 Å². The van der Waals surface area contributed by atoms with Gasteiger partial charge in [0.25, 0.3) is 5.91 Å². The van der Waals surface area contributed by atoms with E-state index in [9.17, 15) is 9.90 Å². The van der Waals surface area contributed by atoms with Crippen molar-refractivity contribution in [3.63, 3.8) is 0 Å². The molecule has 198 valence electrons. The maximum Gasteiger partial charge on any atom is 0.254 e. The van der Waals surface area contributed by atoms with Crippen LogP contribution in [0.4, 0.5) is 5.69 Å². The molecule has 0 unspecified atom stereocenters. The summed E-state index contributed by atoms with van der Waals surface area (Å²) in [6.45, 7) is 5.84. The Morgan fingerprint density at radius 2 is 1.42 bits per heavy atom. The molecule has 0 bridgehead atoms. The maximum atomic E-state index is 13.3. The summed E-state index contributed by atoms with van der Waals surface area (Å²) in [6.07, 6.45) is 4.33. The van der Waals surface area contributed by atoms with E-state index in [1.165, 1.54) is 16.8 Å². The van der Waals surface area contributed by atoms with E-state index in [0.717, 1.165) is 76.0 Å². The number of hydrogen-bond acceptors (Lipinski definition) is 4. The second kappa shape index (κ2) is 11.3. The predicted molar refractivity (Wildman–Crippen MR) is 153 cm³/mol. The highest BCUT2D eigenvalue weighted by Gasteiger charge is 2.35. The molecule has 2 aliphatic heterocycles. The van der Waals surface area contributed by atoms with Crippen LogP contribution in [0.15, 0.2) is 78.9 Å². The van der Waals surface area contributed by atoms with Crippen molar-refractivity contribution in [2.75, 3.05) is 37.6 Å². The van der Waals surface area contributed by atoms with E-state index in [1.807, 2.05) is 4.90 Å². The first-order valence-corrected chi connectivity index (χ1v) is 14.3. The second-order valence-corrected chi connectivity index (χ2v) is 11.2. The third-order valence-corrected chi connectivity index (χ3v) is 8.91. The molecule has 3 aliphatic rings. The SMILES string of the molecule is O=C1c2cc(N3CCN(CCC(c4ccccc4)c4ccccc4)CC3)ccc2CN1C1CCC(O)CC1. The summed E-state index contributed by atoms with van der Waals surface area (Å²) in [6, 6.07) is 28.5. The number of aliphatic hydroxyl groups excluding tert-OH is 1. The number of nitrogens with zero attached hydrogens (tertiary/aromatic N) is 3. The molecule has 0 aromatic heterocycles. The van der Waals surface area contributed by atoms with E-state index in [0.29, 0.717) is 12.5 Å². The van der Waals surface area contributed by atoms with Crippen molar-refractivity contribution in [2.24, 2.45) is 0 Å². The molecule has 0 spiro atoms. The molecule has 0 atom stereocenters. The molecule has 1 saturated heterocycles. The molecule has 3 aromatic rings. The van der Waals surface area contributed by atoms with E-state index in [4.69, 9.17) is 0 Å². The van der Waals surface area contributed by atoms with Crippen molar-refractivity contribution in [3.05, 3.63) is 101 Å². The highest BCUT2D eigenvalue weighted by Crippen LogP contribution is 2.34. The van der Waals surface area contributed by atoms with Crippen molar-refractivity contribution in [2.45, 2.75) is 56.7 Å². The molecule has 1 amide bonds. The van der Waals surface area contributed by atoms with Crippen LogP contribution in [-0.4, -0.2) is 65.7 Å². The number of rotatable bonds is 7.